The van der Waals surface area contributed by atoms with Gasteiger partial charge in [0.25, 0.3) is 0 Å². The van der Waals surface area contributed by atoms with E-state index in [9.17, 15) is 4.79 Å². The number of allylic oxidation sites excluding steroid dienone is 1. The van der Waals surface area contributed by atoms with Gasteiger partial charge < -0.3 is 14.2 Å². The van der Waals surface area contributed by atoms with Gasteiger partial charge in [0.2, 0.25) is 0 Å². The van der Waals surface area contributed by atoms with Gasteiger partial charge in [-0.15, -0.1) is 0 Å². The number of rotatable bonds is 12. The first-order valence-electron chi connectivity index (χ1n) is 10.5. The molecule has 4 heteroatoms. The molecule has 0 aliphatic rings. The van der Waals surface area contributed by atoms with E-state index in [0.29, 0.717) is 25.4 Å². The number of benzene rings is 2. The second-order valence-corrected chi connectivity index (χ2v) is 6.68. The fourth-order valence-corrected chi connectivity index (χ4v) is 2.99. The van der Waals surface area contributed by atoms with Crippen LogP contribution in [0.25, 0.3) is 6.08 Å². The molecule has 2 aromatic carbocycles. The Labute approximate surface area is 174 Å². The molecule has 2 aromatic rings. The third-order valence-corrected chi connectivity index (χ3v) is 4.34. The SMILES string of the molecule is CCCOc1ccc(C(=O)C=Cc2cc(CCC)c(OCC)cc2OCC)cc1. The van der Waals surface area contributed by atoms with Gasteiger partial charge in [-0.2, -0.15) is 0 Å². The molecule has 0 unspecified atom stereocenters. The molecule has 0 spiro atoms. The Morgan fingerprint density at radius 3 is 2.17 bits per heavy atom. The summed E-state index contributed by atoms with van der Waals surface area (Å²) in [5.41, 5.74) is 2.64. The first kappa shape index (κ1) is 22.5. The van der Waals surface area contributed by atoms with Crippen LogP contribution in [0.5, 0.6) is 17.2 Å². The molecule has 0 atom stereocenters. The molecular formula is C25H32O4. The van der Waals surface area contributed by atoms with Gasteiger partial charge in [-0.05, 0) is 74.7 Å². The van der Waals surface area contributed by atoms with Crippen LogP contribution in [0.4, 0.5) is 0 Å². The fourth-order valence-electron chi connectivity index (χ4n) is 2.99. The summed E-state index contributed by atoms with van der Waals surface area (Å²) in [6, 6.07) is 11.2. The van der Waals surface area contributed by atoms with Crippen molar-refractivity contribution in [2.75, 3.05) is 19.8 Å². The Bertz CT molecular complexity index is 806. The van der Waals surface area contributed by atoms with Crippen molar-refractivity contribution < 1.29 is 19.0 Å². The van der Waals surface area contributed by atoms with Crippen molar-refractivity contribution in [3.63, 3.8) is 0 Å². The number of aryl methyl sites for hydroxylation is 1. The molecule has 0 aliphatic carbocycles. The number of carbonyl (C=O) groups is 1. The number of hydrogen-bond donors (Lipinski definition) is 0. The van der Waals surface area contributed by atoms with E-state index >= 15 is 0 Å². The Kier molecular flexibility index (Phi) is 9.29. The van der Waals surface area contributed by atoms with Crippen molar-refractivity contribution in [1.82, 2.24) is 0 Å². The van der Waals surface area contributed by atoms with Gasteiger partial charge in [-0.1, -0.05) is 20.3 Å². The van der Waals surface area contributed by atoms with Gasteiger partial charge in [0.1, 0.15) is 17.2 Å². The molecule has 0 saturated heterocycles. The summed E-state index contributed by atoms with van der Waals surface area (Å²) >= 11 is 0. The van der Waals surface area contributed by atoms with Crippen molar-refractivity contribution in [3.8, 4) is 17.2 Å². The van der Waals surface area contributed by atoms with Crippen LogP contribution in [0.15, 0.2) is 42.5 Å². The van der Waals surface area contributed by atoms with Crippen molar-refractivity contribution in [2.24, 2.45) is 0 Å². The van der Waals surface area contributed by atoms with Crippen molar-refractivity contribution in [3.05, 3.63) is 59.2 Å². The van der Waals surface area contributed by atoms with E-state index < -0.39 is 0 Å². The van der Waals surface area contributed by atoms with Crippen LogP contribution in [0.1, 0.15) is 62.0 Å². The normalized spacial score (nSPS) is 10.9. The number of ether oxygens (including phenoxy) is 3. The summed E-state index contributed by atoms with van der Waals surface area (Å²) in [5, 5.41) is 0. The van der Waals surface area contributed by atoms with Crippen molar-refractivity contribution in [2.45, 2.75) is 47.0 Å². The first-order valence-corrected chi connectivity index (χ1v) is 10.5. The maximum Gasteiger partial charge on any atom is 0.185 e. The minimum Gasteiger partial charge on any atom is -0.494 e. The quantitative estimate of drug-likeness (QED) is 0.320. The summed E-state index contributed by atoms with van der Waals surface area (Å²) in [7, 11) is 0. The van der Waals surface area contributed by atoms with Crippen LogP contribution in [-0.4, -0.2) is 25.6 Å². The minimum atomic E-state index is -0.0552. The van der Waals surface area contributed by atoms with Crippen LogP contribution < -0.4 is 14.2 Å². The Morgan fingerprint density at radius 1 is 0.862 bits per heavy atom. The Hall–Kier alpha value is -2.75. The molecule has 2 rings (SSSR count). The predicted octanol–water partition coefficient (Wildman–Crippen LogP) is 6.12. The molecule has 0 saturated carbocycles. The largest absolute Gasteiger partial charge is 0.494 e. The molecule has 29 heavy (non-hydrogen) atoms. The Balaban J connectivity index is 2.24. The number of ketones is 1. The molecule has 0 amide bonds. The van der Waals surface area contributed by atoms with Crippen LogP contribution in [0.2, 0.25) is 0 Å². The third kappa shape index (κ3) is 6.67. The van der Waals surface area contributed by atoms with Crippen LogP contribution in [0.3, 0.4) is 0 Å². The highest BCUT2D eigenvalue weighted by Gasteiger charge is 2.11. The highest BCUT2D eigenvalue weighted by atomic mass is 16.5. The molecule has 0 radical (unpaired) electrons. The lowest BCUT2D eigenvalue weighted by molar-refractivity contribution is 0.104. The standard InChI is InChI=1S/C25H32O4/c1-5-9-20-17-21(25(28-8-4)18-24(20)27-7-3)12-15-23(26)19-10-13-22(14-11-19)29-16-6-2/h10-15,17-18H,5-9,16H2,1-4H3. The highest BCUT2D eigenvalue weighted by Crippen LogP contribution is 2.31. The number of carbonyl (C=O) groups excluding carboxylic acids is 1. The zero-order valence-electron chi connectivity index (χ0n) is 18.0. The lowest BCUT2D eigenvalue weighted by Crippen LogP contribution is -2.01. The van der Waals surface area contributed by atoms with Gasteiger partial charge in [-0.3, -0.25) is 4.79 Å². The summed E-state index contributed by atoms with van der Waals surface area (Å²) in [6.45, 7) is 9.94. The lowest BCUT2D eigenvalue weighted by atomic mass is 10.0. The number of hydrogen-bond acceptors (Lipinski definition) is 4. The van der Waals surface area contributed by atoms with Crippen LogP contribution >= 0.6 is 0 Å². The highest BCUT2D eigenvalue weighted by molar-refractivity contribution is 6.07. The van der Waals surface area contributed by atoms with Gasteiger partial charge >= 0.3 is 0 Å². The molecule has 0 fully saturated rings. The zero-order chi connectivity index (χ0) is 21.1. The second-order valence-electron chi connectivity index (χ2n) is 6.68. The first-order chi connectivity index (χ1) is 14.1. The van der Waals surface area contributed by atoms with E-state index in [1.54, 1.807) is 18.2 Å². The summed E-state index contributed by atoms with van der Waals surface area (Å²) < 4.78 is 17.1. The maximum absolute atomic E-state index is 12.6. The van der Waals surface area contributed by atoms with Crippen molar-refractivity contribution >= 4 is 11.9 Å². The van der Waals surface area contributed by atoms with Crippen LogP contribution in [0, 0.1) is 0 Å². The van der Waals surface area contributed by atoms with E-state index in [0.717, 1.165) is 47.6 Å². The van der Waals surface area contributed by atoms with E-state index in [-0.39, 0.29) is 5.78 Å². The molecule has 0 aromatic heterocycles. The summed E-state index contributed by atoms with van der Waals surface area (Å²) in [4.78, 5) is 12.6. The zero-order valence-corrected chi connectivity index (χ0v) is 18.0. The van der Waals surface area contributed by atoms with Gasteiger partial charge in [-0.25, -0.2) is 0 Å². The van der Waals surface area contributed by atoms with E-state index in [1.807, 2.05) is 38.1 Å². The van der Waals surface area contributed by atoms with Gasteiger partial charge in [0.05, 0.1) is 19.8 Å². The lowest BCUT2D eigenvalue weighted by Gasteiger charge is -2.15. The topological polar surface area (TPSA) is 44.8 Å². The average Bonchev–Trinajstić information content (AvgIpc) is 2.73. The van der Waals surface area contributed by atoms with Gasteiger partial charge in [0.15, 0.2) is 5.78 Å². The van der Waals surface area contributed by atoms with Crippen molar-refractivity contribution in [1.29, 1.82) is 0 Å². The van der Waals surface area contributed by atoms with E-state index in [1.165, 1.54) is 0 Å². The minimum absolute atomic E-state index is 0.0552. The van der Waals surface area contributed by atoms with Gasteiger partial charge in [0, 0.05) is 17.2 Å². The molecule has 0 N–H and O–H groups in total. The predicted molar refractivity (Wildman–Crippen MR) is 118 cm³/mol. The molecular weight excluding hydrogens is 364 g/mol. The summed E-state index contributed by atoms with van der Waals surface area (Å²) in [5.74, 6) is 2.30. The second kappa shape index (κ2) is 11.9. The molecule has 4 nitrogen and oxygen atoms in total. The molecule has 0 aliphatic heterocycles. The van der Waals surface area contributed by atoms with E-state index in [2.05, 4.69) is 19.9 Å². The molecule has 0 heterocycles. The Morgan fingerprint density at radius 2 is 1.55 bits per heavy atom. The molecule has 0 bridgehead atoms. The molecule has 156 valence electrons. The third-order valence-electron chi connectivity index (χ3n) is 4.34. The smallest absolute Gasteiger partial charge is 0.185 e. The fraction of sp³-hybridized carbons (Fsp3) is 0.400. The monoisotopic (exact) mass is 396 g/mol. The average molecular weight is 397 g/mol. The van der Waals surface area contributed by atoms with Crippen LogP contribution in [-0.2, 0) is 6.42 Å². The summed E-state index contributed by atoms with van der Waals surface area (Å²) in [6.07, 6.45) is 6.30. The van der Waals surface area contributed by atoms with E-state index in [4.69, 9.17) is 14.2 Å². The maximum atomic E-state index is 12.6.